The average molecular weight is 496 g/mol. The summed E-state index contributed by atoms with van der Waals surface area (Å²) in [4.78, 5) is 0. The number of nitrogens with one attached hydrogen (secondary N) is 1. The summed E-state index contributed by atoms with van der Waals surface area (Å²) in [7, 11) is 0. The molecule has 6 heteroatoms. The third-order valence-corrected chi connectivity index (χ3v) is 4.77. The van der Waals surface area contributed by atoms with Crippen molar-refractivity contribution in [1.29, 1.82) is 0 Å². The molecule has 122 valence electrons. The molecule has 0 aliphatic carbocycles. The molecule has 3 rings (SSSR count). The van der Waals surface area contributed by atoms with E-state index in [4.69, 9.17) is 4.74 Å². The Morgan fingerprint density at radius 2 is 1.88 bits per heavy atom. The van der Waals surface area contributed by atoms with Gasteiger partial charge in [0.05, 0.1) is 11.9 Å². The van der Waals surface area contributed by atoms with Gasteiger partial charge in [0.25, 0.3) is 0 Å². The molecule has 1 heterocycles. The van der Waals surface area contributed by atoms with Gasteiger partial charge in [-0.15, -0.1) is 5.11 Å². The van der Waals surface area contributed by atoms with E-state index in [0.29, 0.717) is 0 Å². The number of azo groups is 1. The largest absolute Gasteiger partial charge is 0.492 e. The van der Waals surface area contributed by atoms with Crippen LogP contribution in [0.2, 0.25) is 0 Å². The van der Waals surface area contributed by atoms with Gasteiger partial charge >= 0.3 is 0 Å². The number of allylic oxidation sites excluding steroid dienone is 2. The maximum absolute atomic E-state index is 5.43. The molecular formula is C18H15BrIN3O. The molecule has 1 aliphatic rings. The van der Waals surface area contributed by atoms with Crippen molar-refractivity contribution in [2.45, 2.75) is 13.0 Å². The highest BCUT2D eigenvalue weighted by atomic mass is 127. The lowest BCUT2D eigenvalue weighted by Gasteiger charge is -2.16. The Morgan fingerprint density at radius 3 is 2.62 bits per heavy atom. The van der Waals surface area contributed by atoms with E-state index < -0.39 is 0 Å². The molecule has 24 heavy (non-hydrogen) atoms. The van der Waals surface area contributed by atoms with Gasteiger partial charge < -0.3 is 10.1 Å². The monoisotopic (exact) mass is 495 g/mol. The summed E-state index contributed by atoms with van der Waals surface area (Å²) in [6.45, 7) is 1.94. The summed E-state index contributed by atoms with van der Waals surface area (Å²) < 4.78 is 7.52. The molecule has 1 atom stereocenters. The van der Waals surface area contributed by atoms with Crippen molar-refractivity contribution < 1.29 is 4.74 Å². The van der Waals surface area contributed by atoms with Crippen molar-refractivity contribution in [3.05, 3.63) is 74.6 Å². The fourth-order valence-electron chi connectivity index (χ4n) is 2.15. The highest BCUT2D eigenvalue weighted by Gasteiger charge is 2.15. The Hall–Kier alpha value is -1.67. The standard InChI is InChI=1S/C18H15BrIN3O/c1-12-18(17(19)9-10-24-12)23-22-16-4-2-3-15(11-16)21-14-7-5-13(20)6-8-14/h2-12,21H,1H3. The van der Waals surface area contributed by atoms with Crippen LogP contribution in [0.15, 0.2) is 81.3 Å². The first kappa shape index (κ1) is 17.2. The van der Waals surface area contributed by atoms with Crippen LogP contribution in [0.4, 0.5) is 17.1 Å². The third-order valence-electron chi connectivity index (χ3n) is 3.38. The van der Waals surface area contributed by atoms with Gasteiger partial charge in [-0.2, -0.15) is 5.11 Å². The molecule has 0 radical (unpaired) electrons. The number of hydrogen-bond acceptors (Lipinski definition) is 4. The first-order valence-electron chi connectivity index (χ1n) is 7.38. The lowest BCUT2D eigenvalue weighted by atomic mass is 10.2. The second-order valence-corrected chi connectivity index (χ2v) is 7.30. The molecule has 0 saturated carbocycles. The number of hydrogen-bond donors (Lipinski definition) is 1. The number of nitrogens with zero attached hydrogens (tertiary/aromatic N) is 2. The Morgan fingerprint density at radius 1 is 1.08 bits per heavy atom. The summed E-state index contributed by atoms with van der Waals surface area (Å²) >= 11 is 5.77. The molecule has 0 amide bonds. The molecular weight excluding hydrogens is 481 g/mol. The minimum absolute atomic E-state index is 0.124. The molecule has 2 aromatic rings. The summed E-state index contributed by atoms with van der Waals surface area (Å²) in [5, 5.41) is 12.0. The number of anilines is 2. The second-order valence-electron chi connectivity index (χ2n) is 5.20. The van der Waals surface area contributed by atoms with E-state index in [1.807, 2.05) is 49.4 Å². The van der Waals surface area contributed by atoms with Gasteiger partial charge in [0, 0.05) is 19.4 Å². The second kappa shape index (κ2) is 7.94. The lowest BCUT2D eigenvalue weighted by molar-refractivity contribution is 0.186. The van der Waals surface area contributed by atoms with Crippen LogP contribution in [-0.2, 0) is 4.74 Å². The van der Waals surface area contributed by atoms with Crippen molar-refractivity contribution in [3.8, 4) is 0 Å². The predicted molar refractivity (Wildman–Crippen MR) is 109 cm³/mol. The van der Waals surface area contributed by atoms with Crippen LogP contribution in [0.5, 0.6) is 0 Å². The number of ether oxygens (including phenoxy) is 1. The van der Waals surface area contributed by atoms with Crippen molar-refractivity contribution in [2.75, 3.05) is 5.32 Å². The molecule has 1 N–H and O–H groups in total. The molecule has 0 spiro atoms. The zero-order chi connectivity index (χ0) is 16.9. The fraction of sp³-hybridized carbons (Fsp3) is 0.111. The lowest BCUT2D eigenvalue weighted by Crippen LogP contribution is -2.10. The van der Waals surface area contributed by atoms with Crippen LogP contribution in [0, 0.1) is 3.57 Å². The van der Waals surface area contributed by atoms with Gasteiger partial charge in [-0.05, 0) is 94.0 Å². The molecule has 2 aromatic carbocycles. The maximum atomic E-state index is 5.43. The van der Waals surface area contributed by atoms with Gasteiger partial charge in [-0.1, -0.05) is 6.07 Å². The Kier molecular flexibility index (Phi) is 5.68. The smallest absolute Gasteiger partial charge is 0.140 e. The normalized spacial score (nSPS) is 17.2. The van der Waals surface area contributed by atoms with E-state index >= 15 is 0 Å². The first-order chi connectivity index (χ1) is 11.6. The molecule has 0 aromatic heterocycles. The van der Waals surface area contributed by atoms with Crippen LogP contribution < -0.4 is 5.32 Å². The van der Waals surface area contributed by atoms with Gasteiger partial charge in [0.2, 0.25) is 0 Å². The van der Waals surface area contributed by atoms with Crippen LogP contribution in [-0.4, -0.2) is 6.10 Å². The zero-order valence-electron chi connectivity index (χ0n) is 12.9. The van der Waals surface area contributed by atoms with E-state index in [2.05, 4.69) is 66.2 Å². The summed E-state index contributed by atoms with van der Waals surface area (Å²) in [5.74, 6) is 0. The van der Waals surface area contributed by atoms with Gasteiger partial charge in [-0.3, -0.25) is 0 Å². The molecule has 0 bridgehead atoms. The maximum Gasteiger partial charge on any atom is 0.140 e. The number of rotatable bonds is 4. The molecule has 1 aliphatic heterocycles. The van der Waals surface area contributed by atoms with E-state index in [1.165, 1.54) is 3.57 Å². The van der Waals surface area contributed by atoms with Crippen LogP contribution in [0.3, 0.4) is 0 Å². The quantitative estimate of drug-likeness (QED) is 0.381. The Balaban J connectivity index is 1.77. The Labute approximate surface area is 163 Å². The minimum Gasteiger partial charge on any atom is -0.492 e. The predicted octanol–water partition coefficient (Wildman–Crippen LogP) is 6.66. The van der Waals surface area contributed by atoms with Crippen LogP contribution in [0.25, 0.3) is 0 Å². The summed E-state index contributed by atoms with van der Waals surface area (Å²) in [5.41, 5.74) is 3.55. The van der Waals surface area contributed by atoms with E-state index in [9.17, 15) is 0 Å². The van der Waals surface area contributed by atoms with Crippen molar-refractivity contribution >= 4 is 55.6 Å². The first-order valence-corrected chi connectivity index (χ1v) is 9.25. The topological polar surface area (TPSA) is 46.0 Å². The average Bonchev–Trinajstić information content (AvgIpc) is 2.57. The van der Waals surface area contributed by atoms with Gasteiger partial charge in [0.1, 0.15) is 11.8 Å². The van der Waals surface area contributed by atoms with Gasteiger partial charge in [-0.25, -0.2) is 0 Å². The van der Waals surface area contributed by atoms with E-state index in [0.717, 1.165) is 27.2 Å². The van der Waals surface area contributed by atoms with Crippen molar-refractivity contribution in [3.63, 3.8) is 0 Å². The summed E-state index contributed by atoms with van der Waals surface area (Å²) in [6, 6.07) is 16.1. The molecule has 4 nitrogen and oxygen atoms in total. The third kappa shape index (κ3) is 4.45. The number of halogens is 2. The highest BCUT2D eigenvalue weighted by Crippen LogP contribution is 2.27. The SMILES string of the molecule is CC1OC=CC(Br)=C1N=Nc1cccc(Nc2ccc(I)cc2)c1. The highest BCUT2D eigenvalue weighted by molar-refractivity contribution is 14.1. The Bertz CT molecular complexity index is 815. The summed E-state index contributed by atoms with van der Waals surface area (Å²) in [6.07, 6.45) is 3.35. The zero-order valence-corrected chi connectivity index (χ0v) is 16.7. The molecule has 1 unspecified atom stereocenters. The van der Waals surface area contributed by atoms with Gasteiger partial charge in [0.15, 0.2) is 0 Å². The fourth-order valence-corrected chi connectivity index (χ4v) is 3.02. The van der Waals surface area contributed by atoms with E-state index in [1.54, 1.807) is 6.26 Å². The van der Waals surface area contributed by atoms with E-state index in [-0.39, 0.29) is 6.10 Å². The van der Waals surface area contributed by atoms with Crippen molar-refractivity contribution in [1.82, 2.24) is 0 Å². The number of benzene rings is 2. The minimum atomic E-state index is -0.124. The molecule has 0 saturated heterocycles. The molecule has 0 fully saturated rings. The van der Waals surface area contributed by atoms with Crippen LogP contribution in [0.1, 0.15) is 6.92 Å². The van der Waals surface area contributed by atoms with Crippen LogP contribution >= 0.6 is 38.5 Å². The van der Waals surface area contributed by atoms with Crippen molar-refractivity contribution in [2.24, 2.45) is 10.2 Å².